The molecule has 0 radical (unpaired) electrons. The van der Waals surface area contributed by atoms with E-state index in [4.69, 9.17) is 10.0 Å². The summed E-state index contributed by atoms with van der Waals surface area (Å²) in [6, 6.07) is 0. The highest BCUT2D eigenvalue weighted by Gasteiger charge is 2.21. The van der Waals surface area contributed by atoms with Crippen molar-refractivity contribution in [1.82, 2.24) is 4.98 Å². The second-order valence-corrected chi connectivity index (χ2v) is 4.93. The van der Waals surface area contributed by atoms with Gasteiger partial charge in [-0.05, 0) is 18.8 Å². The summed E-state index contributed by atoms with van der Waals surface area (Å²) in [5.74, 6) is 0.795. The van der Waals surface area contributed by atoms with Crippen molar-refractivity contribution in [3.05, 3.63) is 5.38 Å². The van der Waals surface area contributed by atoms with Gasteiger partial charge >= 0.3 is 7.12 Å². The van der Waals surface area contributed by atoms with Crippen LogP contribution in [0.3, 0.4) is 0 Å². The normalized spacial score (nSPS) is 18.2. The van der Waals surface area contributed by atoms with Crippen molar-refractivity contribution >= 4 is 29.2 Å². The first-order valence-corrected chi connectivity index (χ1v) is 6.11. The molecule has 0 unspecified atom stereocenters. The van der Waals surface area contributed by atoms with Crippen LogP contribution in [0.1, 0.15) is 19.8 Å². The van der Waals surface area contributed by atoms with E-state index in [2.05, 4.69) is 16.8 Å². The molecule has 1 aliphatic rings. The second kappa shape index (κ2) is 4.51. The smallest absolute Gasteiger partial charge is 0.422 e. The zero-order chi connectivity index (χ0) is 10.8. The van der Waals surface area contributed by atoms with Gasteiger partial charge in [0.05, 0.1) is 5.59 Å². The van der Waals surface area contributed by atoms with Crippen molar-refractivity contribution in [3.8, 4) is 0 Å². The fourth-order valence-electron chi connectivity index (χ4n) is 1.74. The molecule has 4 nitrogen and oxygen atoms in total. The first-order chi connectivity index (χ1) is 7.16. The Bertz CT molecular complexity index is 324. The van der Waals surface area contributed by atoms with E-state index in [9.17, 15) is 0 Å². The molecule has 0 bridgehead atoms. The lowest BCUT2D eigenvalue weighted by atomic mass is 9.88. The molecule has 0 atom stereocenters. The summed E-state index contributed by atoms with van der Waals surface area (Å²) < 4.78 is 0. The highest BCUT2D eigenvalue weighted by molar-refractivity contribution is 7.14. The minimum absolute atomic E-state index is 0.355. The van der Waals surface area contributed by atoms with Crippen molar-refractivity contribution in [1.29, 1.82) is 0 Å². The Balaban J connectivity index is 2.03. The number of anilines is 1. The predicted molar refractivity (Wildman–Crippen MR) is 62.6 cm³/mol. The fourth-order valence-corrected chi connectivity index (χ4v) is 2.63. The Kier molecular flexibility index (Phi) is 3.28. The van der Waals surface area contributed by atoms with Crippen molar-refractivity contribution in [2.45, 2.75) is 19.8 Å². The maximum Gasteiger partial charge on any atom is 0.509 e. The second-order valence-electron chi connectivity index (χ2n) is 4.10. The first kappa shape index (κ1) is 10.9. The molecule has 82 valence electrons. The van der Waals surface area contributed by atoms with E-state index in [0.717, 1.165) is 24.1 Å². The molecular formula is C9H15BN2O2S. The van der Waals surface area contributed by atoms with Crippen LogP contribution in [0, 0.1) is 5.92 Å². The van der Waals surface area contributed by atoms with Crippen LogP contribution in [0.15, 0.2) is 5.38 Å². The van der Waals surface area contributed by atoms with E-state index < -0.39 is 7.12 Å². The molecule has 1 fully saturated rings. The van der Waals surface area contributed by atoms with Gasteiger partial charge in [-0.15, -0.1) is 11.3 Å². The van der Waals surface area contributed by atoms with Gasteiger partial charge in [0, 0.05) is 18.5 Å². The quantitative estimate of drug-likeness (QED) is 0.700. The van der Waals surface area contributed by atoms with Crippen LogP contribution < -0.4 is 10.5 Å². The molecule has 2 N–H and O–H groups in total. The molecule has 1 aromatic rings. The van der Waals surface area contributed by atoms with E-state index in [-0.39, 0.29) is 0 Å². The molecule has 15 heavy (non-hydrogen) atoms. The zero-order valence-corrected chi connectivity index (χ0v) is 9.57. The lowest BCUT2D eigenvalue weighted by Gasteiger charge is -2.29. The topological polar surface area (TPSA) is 56.6 Å². The number of rotatable bonds is 2. The molecule has 6 heteroatoms. The van der Waals surface area contributed by atoms with Crippen LogP contribution >= 0.6 is 11.3 Å². The number of aromatic nitrogens is 1. The van der Waals surface area contributed by atoms with Gasteiger partial charge in [0.25, 0.3) is 0 Å². The molecule has 0 aromatic carbocycles. The molecule has 0 amide bonds. The minimum atomic E-state index is -1.45. The van der Waals surface area contributed by atoms with Crippen molar-refractivity contribution in [2.24, 2.45) is 5.92 Å². The number of thiazole rings is 1. The Labute approximate surface area is 93.7 Å². The number of hydrogen-bond donors (Lipinski definition) is 2. The molecule has 2 rings (SSSR count). The lowest BCUT2D eigenvalue weighted by molar-refractivity contribution is 0.424. The monoisotopic (exact) mass is 226 g/mol. The first-order valence-electron chi connectivity index (χ1n) is 5.23. The van der Waals surface area contributed by atoms with Crippen molar-refractivity contribution in [2.75, 3.05) is 18.0 Å². The van der Waals surface area contributed by atoms with Crippen LogP contribution in [0.5, 0.6) is 0 Å². The van der Waals surface area contributed by atoms with Crippen LogP contribution in [-0.4, -0.2) is 35.2 Å². The SMILES string of the molecule is CC1CCN(c2nc(B(O)O)cs2)CC1. The highest BCUT2D eigenvalue weighted by Crippen LogP contribution is 2.23. The van der Waals surface area contributed by atoms with E-state index in [0.29, 0.717) is 5.59 Å². The molecule has 0 aliphatic carbocycles. The van der Waals surface area contributed by atoms with Gasteiger partial charge in [-0.1, -0.05) is 6.92 Å². The molecule has 1 aliphatic heterocycles. The van der Waals surface area contributed by atoms with E-state index in [1.807, 2.05) is 0 Å². The summed E-state index contributed by atoms with van der Waals surface area (Å²) in [6.45, 7) is 4.31. The molecule has 0 spiro atoms. The number of nitrogens with zero attached hydrogens (tertiary/aromatic N) is 2. The summed E-state index contributed by atoms with van der Waals surface area (Å²) in [4.78, 5) is 6.42. The zero-order valence-electron chi connectivity index (χ0n) is 8.76. The van der Waals surface area contributed by atoms with Gasteiger partial charge < -0.3 is 14.9 Å². The Morgan fingerprint density at radius 2 is 2.13 bits per heavy atom. The molecule has 2 heterocycles. The highest BCUT2D eigenvalue weighted by atomic mass is 32.1. The molecule has 0 saturated carbocycles. The fraction of sp³-hybridized carbons (Fsp3) is 0.667. The maximum absolute atomic E-state index is 8.96. The summed E-state index contributed by atoms with van der Waals surface area (Å²) in [7, 11) is -1.45. The largest absolute Gasteiger partial charge is 0.509 e. The summed E-state index contributed by atoms with van der Waals surface area (Å²) in [6.07, 6.45) is 2.38. The van der Waals surface area contributed by atoms with Gasteiger partial charge in [-0.3, -0.25) is 0 Å². The van der Waals surface area contributed by atoms with Crippen molar-refractivity contribution in [3.63, 3.8) is 0 Å². The third-order valence-electron chi connectivity index (χ3n) is 2.83. The van der Waals surface area contributed by atoms with Gasteiger partial charge in [-0.2, -0.15) is 0 Å². The van der Waals surface area contributed by atoms with Crippen LogP contribution in [0.2, 0.25) is 0 Å². The third-order valence-corrected chi connectivity index (χ3v) is 3.75. The van der Waals surface area contributed by atoms with Crippen molar-refractivity contribution < 1.29 is 10.0 Å². The van der Waals surface area contributed by atoms with E-state index in [1.54, 1.807) is 5.38 Å². The third kappa shape index (κ3) is 2.51. The summed E-state index contributed by atoms with van der Waals surface area (Å²) in [5, 5.41) is 20.5. The Morgan fingerprint density at radius 1 is 1.47 bits per heavy atom. The molecule has 1 aromatic heterocycles. The standard InChI is InChI=1S/C9H15BN2O2S/c1-7-2-4-12(5-3-7)9-11-8(6-15-9)10(13)14/h6-7,13-14H,2-5H2,1H3. The Morgan fingerprint density at radius 3 is 2.67 bits per heavy atom. The van der Waals surface area contributed by atoms with Crippen LogP contribution in [0.25, 0.3) is 0 Å². The molecular weight excluding hydrogens is 211 g/mol. The van der Waals surface area contributed by atoms with Gasteiger partial charge in [0.2, 0.25) is 0 Å². The van der Waals surface area contributed by atoms with Gasteiger partial charge in [-0.25, -0.2) is 4.98 Å². The van der Waals surface area contributed by atoms with Crippen LogP contribution in [0.4, 0.5) is 5.13 Å². The summed E-state index contributed by atoms with van der Waals surface area (Å²) in [5.41, 5.74) is 0.355. The lowest BCUT2D eigenvalue weighted by Crippen LogP contribution is -2.35. The average molecular weight is 226 g/mol. The van der Waals surface area contributed by atoms with Crippen LogP contribution in [-0.2, 0) is 0 Å². The summed E-state index contributed by atoms with van der Waals surface area (Å²) >= 11 is 1.48. The van der Waals surface area contributed by atoms with E-state index in [1.165, 1.54) is 24.2 Å². The number of hydrogen-bond acceptors (Lipinski definition) is 5. The van der Waals surface area contributed by atoms with Gasteiger partial charge in [0.1, 0.15) is 0 Å². The van der Waals surface area contributed by atoms with E-state index >= 15 is 0 Å². The Hall–Kier alpha value is -0.585. The minimum Gasteiger partial charge on any atom is -0.422 e. The maximum atomic E-state index is 8.96. The molecule has 1 saturated heterocycles. The van der Waals surface area contributed by atoms with Gasteiger partial charge in [0.15, 0.2) is 5.13 Å². The predicted octanol–water partition coefficient (Wildman–Crippen LogP) is 0.0592. The number of piperidine rings is 1. The average Bonchev–Trinajstić information content (AvgIpc) is 2.68.